The third-order valence-electron chi connectivity index (χ3n) is 2.74. The summed E-state index contributed by atoms with van der Waals surface area (Å²) in [5, 5.41) is 3.06. The zero-order valence-corrected chi connectivity index (χ0v) is 11.6. The van der Waals surface area contributed by atoms with Crippen molar-refractivity contribution < 1.29 is 18.3 Å². The first-order valence-electron chi connectivity index (χ1n) is 6.46. The second kappa shape index (κ2) is 8.19. The summed E-state index contributed by atoms with van der Waals surface area (Å²) in [4.78, 5) is 0. The molecule has 0 saturated carbocycles. The molecule has 1 N–H and O–H groups in total. The quantitative estimate of drug-likeness (QED) is 0.738. The lowest BCUT2D eigenvalue weighted by Crippen LogP contribution is -2.43. The molecule has 19 heavy (non-hydrogen) atoms. The number of benzene rings is 1. The second-order valence-electron chi connectivity index (χ2n) is 4.16. The Morgan fingerprint density at radius 2 is 1.58 bits per heavy atom. The van der Waals surface area contributed by atoms with Gasteiger partial charge in [0.25, 0.3) is 0 Å². The number of hydrogen-bond donors (Lipinski definition) is 1. The molecule has 1 atom stereocenters. The fourth-order valence-electron chi connectivity index (χ4n) is 1.93. The summed E-state index contributed by atoms with van der Waals surface area (Å²) >= 11 is 0. The smallest absolute Gasteiger partial charge is 0.172 e. The zero-order valence-electron chi connectivity index (χ0n) is 11.6. The van der Waals surface area contributed by atoms with Gasteiger partial charge in [-0.3, -0.25) is 0 Å². The maximum absolute atomic E-state index is 13.2. The maximum atomic E-state index is 13.2. The molecule has 1 rings (SSSR count). The van der Waals surface area contributed by atoms with Crippen molar-refractivity contribution in [2.45, 2.75) is 32.6 Å². The van der Waals surface area contributed by atoms with E-state index in [1.807, 2.05) is 13.8 Å². The molecular formula is C14H21F2NO2. The molecule has 108 valence electrons. The number of hydrogen-bond acceptors (Lipinski definition) is 3. The number of likely N-dealkylation sites (N-methyl/N-ethyl adjacent to an activating group) is 1. The normalized spacial score (nSPS) is 12.9. The van der Waals surface area contributed by atoms with Crippen LogP contribution >= 0.6 is 0 Å². The molecule has 0 heterocycles. The number of ether oxygens (including phenoxy) is 2. The van der Waals surface area contributed by atoms with E-state index >= 15 is 0 Å². The third-order valence-corrected chi connectivity index (χ3v) is 2.74. The summed E-state index contributed by atoms with van der Waals surface area (Å²) in [5.41, 5.74) is 0.571. The highest BCUT2D eigenvalue weighted by Crippen LogP contribution is 2.13. The average Bonchev–Trinajstić information content (AvgIpc) is 2.34. The van der Waals surface area contributed by atoms with E-state index in [9.17, 15) is 8.78 Å². The van der Waals surface area contributed by atoms with Crippen LogP contribution in [0, 0.1) is 11.6 Å². The summed E-state index contributed by atoms with van der Waals surface area (Å²) in [6.45, 7) is 4.78. The molecule has 1 unspecified atom stereocenters. The molecule has 0 aliphatic carbocycles. The van der Waals surface area contributed by atoms with Gasteiger partial charge in [-0.25, -0.2) is 8.78 Å². The standard InChI is InChI=1S/C14H21F2NO2/c1-4-18-14(19-5-2)13(17-3)8-10-6-11(15)9-12(16)7-10/h6-7,9,13-14,17H,4-5,8H2,1-3H3. The highest BCUT2D eigenvalue weighted by molar-refractivity contribution is 5.19. The van der Waals surface area contributed by atoms with Crippen LogP contribution in [0.25, 0.3) is 0 Å². The average molecular weight is 273 g/mol. The second-order valence-corrected chi connectivity index (χ2v) is 4.16. The minimum absolute atomic E-state index is 0.166. The Hall–Kier alpha value is -1.04. The number of rotatable bonds is 8. The molecule has 3 nitrogen and oxygen atoms in total. The van der Waals surface area contributed by atoms with Gasteiger partial charge in [0.15, 0.2) is 6.29 Å². The molecule has 1 aromatic carbocycles. The Morgan fingerprint density at radius 1 is 1.05 bits per heavy atom. The number of halogens is 2. The van der Waals surface area contributed by atoms with Crippen molar-refractivity contribution in [1.82, 2.24) is 5.32 Å². The van der Waals surface area contributed by atoms with Crippen LogP contribution in [0.2, 0.25) is 0 Å². The van der Waals surface area contributed by atoms with Crippen LogP contribution in [0.1, 0.15) is 19.4 Å². The van der Waals surface area contributed by atoms with Gasteiger partial charge in [0.05, 0.1) is 6.04 Å². The van der Waals surface area contributed by atoms with E-state index in [-0.39, 0.29) is 6.04 Å². The van der Waals surface area contributed by atoms with Crippen LogP contribution in [0.3, 0.4) is 0 Å². The summed E-state index contributed by atoms with van der Waals surface area (Å²) in [6, 6.07) is 3.34. The molecule has 0 aliphatic rings. The van der Waals surface area contributed by atoms with E-state index in [1.54, 1.807) is 7.05 Å². The summed E-state index contributed by atoms with van der Waals surface area (Å²) in [6.07, 6.45) is -0.0121. The highest BCUT2D eigenvalue weighted by Gasteiger charge is 2.21. The van der Waals surface area contributed by atoms with E-state index in [1.165, 1.54) is 12.1 Å². The van der Waals surface area contributed by atoms with Gasteiger partial charge in [-0.15, -0.1) is 0 Å². The van der Waals surface area contributed by atoms with Gasteiger partial charge in [-0.05, 0) is 45.0 Å². The first-order chi connectivity index (χ1) is 9.10. The van der Waals surface area contributed by atoms with Crippen molar-refractivity contribution in [2.75, 3.05) is 20.3 Å². The zero-order chi connectivity index (χ0) is 14.3. The Balaban J connectivity index is 2.78. The Bertz CT molecular complexity index is 361. The van der Waals surface area contributed by atoms with Crippen LogP contribution in [-0.2, 0) is 15.9 Å². The highest BCUT2D eigenvalue weighted by atomic mass is 19.1. The monoisotopic (exact) mass is 273 g/mol. The molecule has 1 aromatic rings. The summed E-state index contributed by atoms with van der Waals surface area (Å²) in [7, 11) is 1.77. The van der Waals surface area contributed by atoms with Gasteiger partial charge in [0.1, 0.15) is 11.6 Å². The lowest BCUT2D eigenvalue weighted by molar-refractivity contribution is -0.152. The Morgan fingerprint density at radius 3 is 2.00 bits per heavy atom. The molecule has 0 bridgehead atoms. The molecule has 0 aliphatic heterocycles. The van der Waals surface area contributed by atoms with Gasteiger partial charge < -0.3 is 14.8 Å². The largest absolute Gasteiger partial charge is 0.351 e. The van der Waals surface area contributed by atoms with Gasteiger partial charge in [0, 0.05) is 19.3 Å². The van der Waals surface area contributed by atoms with E-state index < -0.39 is 17.9 Å². The predicted molar refractivity (Wildman–Crippen MR) is 69.9 cm³/mol. The lowest BCUT2D eigenvalue weighted by Gasteiger charge is -2.26. The van der Waals surface area contributed by atoms with Gasteiger partial charge in [-0.1, -0.05) is 0 Å². The first kappa shape index (κ1) is 16.0. The van der Waals surface area contributed by atoms with Crippen LogP contribution in [0.4, 0.5) is 8.78 Å². The van der Waals surface area contributed by atoms with Crippen molar-refractivity contribution in [3.05, 3.63) is 35.4 Å². The molecule has 0 aromatic heterocycles. The Kier molecular flexibility index (Phi) is 6.91. The molecule has 0 radical (unpaired) electrons. The molecule has 0 amide bonds. The van der Waals surface area contributed by atoms with Crippen molar-refractivity contribution in [2.24, 2.45) is 0 Å². The van der Waals surface area contributed by atoms with E-state index in [4.69, 9.17) is 9.47 Å². The van der Waals surface area contributed by atoms with Crippen molar-refractivity contribution in [3.8, 4) is 0 Å². The molecule has 0 saturated heterocycles. The van der Waals surface area contributed by atoms with Crippen molar-refractivity contribution in [1.29, 1.82) is 0 Å². The first-order valence-corrected chi connectivity index (χ1v) is 6.46. The third kappa shape index (κ3) is 5.22. The fraction of sp³-hybridized carbons (Fsp3) is 0.571. The van der Waals surface area contributed by atoms with Crippen molar-refractivity contribution >= 4 is 0 Å². The van der Waals surface area contributed by atoms with Crippen LogP contribution in [0.5, 0.6) is 0 Å². The van der Waals surface area contributed by atoms with Gasteiger partial charge in [-0.2, -0.15) is 0 Å². The summed E-state index contributed by atoms with van der Waals surface area (Å²) in [5.74, 6) is -1.15. The topological polar surface area (TPSA) is 30.5 Å². The minimum Gasteiger partial charge on any atom is -0.351 e. The molecule has 0 fully saturated rings. The maximum Gasteiger partial charge on any atom is 0.172 e. The molecule has 0 spiro atoms. The van der Waals surface area contributed by atoms with E-state index in [0.29, 0.717) is 25.2 Å². The summed E-state index contributed by atoms with van der Waals surface area (Å²) < 4.78 is 37.3. The number of nitrogens with one attached hydrogen (secondary N) is 1. The Labute approximate surface area is 112 Å². The predicted octanol–water partition coefficient (Wildman–Crippen LogP) is 2.49. The van der Waals surface area contributed by atoms with Gasteiger partial charge >= 0.3 is 0 Å². The molecular weight excluding hydrogens is 252 g/mol. The van der Waals surface area contributed by atoms with E-state index in [0.717, 1.165) is 6.07 Å². The van der Waals surface area contributed by atoms with Crippen LogP contribution < -0.4 is 5.32 Å². The minimum atomic E-state index is -0.575. The SMILES string of the molecule is CCOC(OCC)C(Cc1cc(F)cc(F)c1)NC. The van der Waals surface area contributed by atoms with Gasteiger partial charge in [0.2, 0.25) is 0 Å². The van der Waals surface area contributed by atoms with Crippen molar-refractivity contribution in [3.63, 3.8) is 0 Å². The lowest BCUT2D eigenvalue weighted by atomic mass is 10.1. The van der Waals surface area contributed by atoms with Crippen LogP contribution in [-0.4, -0.2) is 32.6 Å². The fourth-order valence-corrected chi connectivity index (χ4v) is 1.93. The van der Waals surface area contributed by atoms with E-state index in [2.05, 4.69) is 5.32 Å². The molecule has 5 heteroatoms. The van der Waals surface area contributed by atoms with Crippen LogP contribution in [0.15, 0.2) is 18.2 Å².